The number of amides is 3. The molecule has 0 heterocycles. The molecule has 1 aliphatic carbocycles. The first-order valence-corrected chi connectivity index (χ1v) is 11.1. The maximum absolute atomic E-state index is 12.7. The van der Waals surface area contributed by atoms with Gasteiger partial charge in [-0.25, -0.2) is 0 Å². The van der Waals surface area contributed by atoms with E-state index in [9.17, 15) is 14.4 Å². The van der Waals surface area contributed by atoms with Crippen molar-refractivity contribution in [2.45, 2.75) is 52.4 Å². The number of nitrogens with one attached hydrogen (secondary N) is 3. The van der Waals surface area contributed by atoms with Gasteiger partial charge in [-0.1, -0.05) is 39.0 Å². The molecule has 164 valence electrons. The lowest BCUT2D eigenvalue weighted by molar-refractivity contribution is -0.124. The van der Waals surface area contributed by atoms with E-state index >= 15 is 0 Å². The molecule has 2 aromatic rings. The molecule has 31 heavy (non-hydrogen) atoms. The lowest BCUT2D eigenvalue weighted by atomic mass is 9.97. The van der Waals surface area contributed by atoms with Gasteiger partial charge in [0.05, 0.1) is 0 Å². The molecule has 0 spiro atoms. The van der Waals surface area contributed by atoms with Crippen molar-refractivity contribution in [3.63, 3.8) is 0 Å². The zero-order valence-corrected chi connectivity index (χ0v) is 18.5. The minimum atomic E-state index is -0.186. The minimum absolute atomic E-state index is 0.0579. The highest BCUT2D eigenvalue weighted by Crippen LogP contribution is 2.47. The van der Waals surface area contributed by atoms with Gasteiger partial charge in [0.1, 0.15) is 0 Å². The molecule has 0 aromatic heterocycles. The average Bonchev–Trinajstić information content (AvgIpc) is 3.06. The highest BCUT2D eigenvalue weighted by Gasteiger charge is 2.29. The molecule has 0 radical (unpaired) electrons. The van der Waals surface area contributed by atoms with E-state index in [1.54, 1.807) is 0 Å². The molecule has 1 aliphatic rings. The third-order valence-corrected chi connectivity index (χ3v) is 5.57. The lowest BCUT2D eigenvalue weighted by Crippen LogP contribution is -2.25. The fourth-order valence-electron chi connectivity index (χ4n) is 3.95. The standard InChI is InChI=1S/C25H31N3O3/c1-4-13-26-22(29)11-12-23(30)28-17-9-10-19-21(15-17)16(3)18-7-6-8-20(24(18)19)25(31)27-14-5-2/h6-10,15-16H,4-5,11-14H2,1-3H3,(H,26,29)(H,27,31)(H,28,30). The fraction of sp³-hybridized carbons (Fsp3) is 0.400. The smallest absolute Gasteiger partial charge is 0.251 e. The van der Waals surface area contributed by atoms with E-state index in [0.717, 1.165) is 35.1 Å². The van der Waals surface area contributed by atoms with Gasteiger partial charge in [0.2, 0.25) is 11.8 Å². The number of rotatable bonds is 9. The van der Waals surface area contributed by atoms with Crippen molar-refractivity contribution < 1.29 is 14.4 Å². The lowest BCUT2D eigenvalue weighted by Gasteiger charge is -2.11. The van der Waals surface area contributed by atoms with Gasteiger partial charge in [0, 0.05) is 43.1 Å². The highest BCUT2D eigenvalue weighted by molar-refractivity contribution is 6.04. The van der Waals surface area contributed by atoms with Crippen LogP contribution >= 0.6 is 0 Å². The Labute approximate surface area is 183 Å². The fourth-order valence-corrected chi connectivity index (χ4v) is 3.95. The molecule has 6 nitrogen and oxygen atoms in total. The van der Waals surface area contributed by atoms with E-state index in [1.165, 1.54) is 0 Å². The predicted molar refractivity (Wildman–Crippen MR) is 123 cm³/mol. The Hall–Kier alpha value is -3.15. The quantitative estimate of drug-likeness (QED) is 0.567. The maximum Gasteiger partial charge on any atom is 0.251 e. The van der Waals surface area contributed by atoms with E-state index in [2.05, 4.69) is 28.9 Å². The molecule has 0 bridgehead atoms. The van der Waals surface area contributed by atoms with Crippen molar-refractivity contribution in [1.82, 2.24) is 10.6 Å². The van der Waals surface area contributed by atoms with E-state index in [0.29, 0.717) is 24.3 Å². The summed E-state index contributed by atoms with van der Waals surface area (Å²) < 4.78 is 0. The zero-order valence-electron chi connectivity index (χ0n) is 18.5. The van der Waals surface area contributed by atoms with Crippen LogP contribution in [-0.4, -0.2) is 30.8 Å². The van der Waals surface area contributed by atoms with Crippen molar-refractivity contribution in [2.24, 2.45) is 0 Å². The van der Waals surface area contributed by atoms with Crippen LogP contribution in [0.25, 0.3) is 11.1 Å². The molecule has 6 heteroatoms. The Balaban J connectivity index is 1.75. The van der Waals surface area contributed by atoms with E-state index in [-0.39, 0.29) is 36.5 Å². The van der Waals surface area contributed by atoms with Crippen LogP contribution in [0, 0.1) is 0 Å². The Kier molecular flexibility index (Phi) is 7.45. The molecule has 2 aromatic carbocycles. The highest BCUT2D eigenvalue weighted by atomic mass is 16.2. The number of hydrogen-bond donors (Lipinski definition) is 3. The summed E-state index contributed by atoms with van der Waals surface area (Å²) in [7, 11) is 0. The van der Waals surface area contributed by atoms with Crippen LogP contribution in [0.3, 0.4) is 0 Å². The summed E-state index contributed by atoms with van der Waals surface area (Å²) in [6.07, 6.45) is 2.08. The number of fused-ring (bicyclic) bond motifs is 3. The molecule has 0 aliphatic heterocycles. The van der Waals surface area contributed by atoms with Crippen LogP contribution in [0.2, 0.25) is 0 Å². The number of anilines is 1. The van der Waals surface area contributed by atoms with Gasteiger partial charge in [-0.3, -0.25) is 14.4 Å². The zero-order chi connectivity index (χ0) is 22.4. The summed E-state index contributed by atoms with van der Waals surface area (Å²) in [5, 5.41) is 8.64. The van der Waals surface area contributed by atoms with Crippen molar-refractivity contribution in [3.05, 3.63) is 53.1 Å². The van der Waals surface area contributed by atoms with Crippen LogP contribution in [0.4, 0.5) is 5.69 Å². The summed E-state index contributed by atoms with van der Waals surface area (Å²) in [6, 6.07) is 11.7. The number of carbonyl (C=O) groups excluding carboxylic acids is 3. The number of benzene rings is 2. The molecule has 0 fully saturated rings. The first-order chi connectivity index (χ1) is 15.0. The van der Waals surface area contributed by atoms with Crippen molar-refractivity contribution >= 4 is 23.4 Å². The average molecular weight is 422 g/mol. The molecule has 3 N–H and O–H groups in total. The summed E-state index contributed by atoms with van der Waals surface area (Å²) in [5.41, 5.74) is 5.60. The van der Waals surface area contributed by atoms with Crippen molar-refractivity contribution in [3.8, 4) is 11.1 Å². The van der Waals surface area contributed by atoms with Gasteiger partial charge in [0.25, 0.3) is 5.91 Å². The van der Waals surface area contributed by atoms with Crippen LogP contribution in [0.5, 0.6) is 0 Å². The summed E-state index contributed by atoms with van der Waals surface area (Å²) in [5.74, 6) is -0.226. The second-order valence-corrected chi connectivity index (χ2v) is 7.95. The Morgan fingerprint density at radius 1 is 0.871 bits per heavy atom. The molecule has 1 unspecified atom stereocenters. The van der Waals surface area contributed by atoms with Gasteiger partial charge in [0.15, 0.2) is 0 Å². The monoisotopic (exact) mass is 421 g/mol. The Bertz CT molecular complexity index is 984. The first kappa shape index (κ1) is 22.5. The molecule has 0 saturated carbocycles. The van der Waals surface area contributed by atoms with Crippen molar-refractivity contribution in [2.75, 3.05) is 18.4 Å². The molecular weight excluding hydrogens is 390 g/mol. The van der Waals surface area contributed by atoms with Gasteiger partial charge in [-0.05, 0) is 53.3 Å². The molecule has 3 rings (SSSR count). The summed E-state index contributed by atoms with van der Waals surface area (Å²) in [6.45, 7) is 7.40. The first-order valence-electron chi connectivity index (χ1n) is 11.1. The van der Waals surface area contributed by atoms with Gasteiger partial charge < -0.3 is 16.0 Å². The molecule has 0 saturated heterocycles. The normalized spacial score (nSPS) is 13.8. The molecule has 1 atom stereocenters. The Morgan fingerprint density at radius 3 is 2.32 bits per heavy atom. The minimum Gasteiger partial charge on any atom is -0.356 e. The topological polar surface area (TPSA) is 87.3 Å². The van der Waals surface area contributed by atoms with Gasteiger partial charge >= 0.3 is 0 Å². The Morgan fingerprint density at radius 2 is 1.58 bits per heavy atom. The van der Waals surface area contributed by atoms with Crippen LogP contribution in [-0.2, 0) is 9.59 Å². The second kappa shape index (κ2) is 10.2. The third kappa shape index (κ3) is 5.13. The number of hydrogen-bond acceptors (Lipinski definition) is 3. The van der Waals surface area contributed by atoms with Gasteiger partial charge in [-0.2, -0.15) is 0 Å². The SMILES string of the molecule is CCCNC(=O)CCC(=O)Nc1ccc2c(c1)C(C)c1cccc(C(=O)NCCC)c1-2. The summed E-state index contributed by atoms with van der Waals surface area (Å²) in [4.78, 5) is 36.7. The van der Waals surface area contributed by atoms with E-state index < -0.39 is 0 Å². The van der Waals surface area contributed by atoms with Gasteiger partial charge in [-0.15, -0.1) is 0 Å². The van der Waals surface area contributed by atoms with Crippen LogP contribution in [0.15, 0.2) is 36.4 Å². The van der Waals surface area contributed by atoms with Crippen LogP contribution < -0.4 is 16.0 Å². The molecular formula is C25H31N3O3. The van der Waals surface area contributed by atoms with Crippen molar-refractivity contribution in [1.29, 1.82) is 0 Å². The van der Waals surface area contributed by atoms with E-state index in [1.807, 2.05) is 44.2 Å². The largest absolute Gasteiger partial charge is 0.356 e. The van der Waals surface area contributed by atoms with Crippen LogP contribution in [0.1, 0.15) is 73.9 Å². The predicted octanol–water partition coefficient (Wildman–Crippen LogP) is 4.20. The molecule has 3 amide bonds. The maximum atomic E-state index is 12.7. The third-order valence-electron chi connectivity index (χ3n) is 5.57. The number of carbonyl (C=O) groups is 3. The summed E-state index contributed by atoms with van der Waals surface area (Å²) >= 11 is 0. The van der Waals surface area contributed by atoms with E-state index in [4.69, 9.17) is 0 Å². The second-order valence-electron chi connectivity index (χ2n) is 7.95.